The van der Waals surface area contributed by atoms with Crippen molar-refractivity contribution in [3.05, 3.63) is 22.7 Å². The van der Waals surface area contributed by atoms with Crippen molar-refractivity contribution in [1.29, 1.82) is 0 Å². The Bertz CT molecular complexity index is 518. The predicted molar refractivity (Wildman–Crippen MR) is 79.4 cm³/mol. The molecule has 1 rings (SSSR count). The van der Waals surface area contributed by atoms with Crippen LogP contribution in [0.2, 0.25) is 0 Å². The van der Waals surface area contributed by atoms with Gasteiger partial charge >= 0.3 is 0 Å². The van der Waals surface area contributed by atoms with Crippen molar-refractivity contribution < 1.29 is 13.2 Å². The van der Waals surface area contributed by atoms with Gasteiger partial charge in [-0.3, -0.25) is 0 Å². The number of halogens is 1. The number of sulfonamides is 1. The maximum absolute atomic E-state index is 12.0. The summed E-state index contributed by atoms with van der Waals surface area (Å²) in [6.45, 7) is 5.29. The molecule has 19 heavy (non-hydrogen) atoms. The molecule has 0 aliphatic heterocycles. The number of benzene rings is 1. The first kappa shape index (κ1) is 16.4. The number of ether oxygens (including phenoxy) is 1. The lowest BCUT2D eigenvalue weighted by molar-refractivity contribution is 0.114. The largest absolute Gasteiger partial charge is 0.399 e. The summed E-state index contributed by atoms with van der Waals surface area (Å²) in [6.07, 6.45) is 0. The highest BCUT2D eigenvalue weighted by Gasteiger charge is 2.16. The van der Waals surface area contributed by atoms with Gasteiger partial charge in [0.1, 0.15) is 0 Å². The second-order valence-electron chi connectivity index (χ2n) is 4.56. The van der Waals surface area contributed by atoms with Crippen LogP contribution in [0.25, 0.3) is 0 Å². The monoisotopic (exact) mass is 350 g/mol. The first-order valence-corrected chi connectivity index (χ1v) is 8.23. The summed E-state index contributed by atoms with van der Waals surface area (Å²) >= 11 is 3.19. The standard InChI is InChI=1S/C12H19BrN2O3S/c1-9(2)8-18-6-5-15-19(16,17)12-4-3-10(14)7-11(12)13/h3-4,7,9,15H,5-6,8,14H2,1-2H3. The fourth-order valence-electron chi connectivity index (χ4n) is 1.38. The van der Waals surface area contributed by atoms with E-state index < -0.39 is 10.0 Å². The number of rotatable bonds is 7. The number of anilines is 1. The third-order valence-corrected chi connectivity index (χ3v) is 4.67. The zero-order chi connectivity index (χ0) is 14.5. The topological polar surface area (TPSA) is 81.4 Å². The zero-order valence-electron chi connectivity index (χ0n) is 11.0. The fraction of sp³-hybridized carbons (Fsp3) is 0.500. The molecule has 0 saturated heterocycles. The molecule has 0 fully saturated rings. The van der Waals surface area contributed by atoms with Gasteiger partial charge in [0.25, 0.3) is 0 Å². The number of hydrogen-bond acceptors (Lipinski definition) is 4. The molecule has 1 aromatic rings. The van der Waals surface area contributed by atoms with Gasteiger partial charge in [0, 0.05) is 23.3 Å². The van der Waals surface area contributed by atoms with Crippen LogP contribution in [0.3, 0.4) is 0 Å². The molecule has 0 unspecified atom stereocenters. The Hall–Kier alpha value is -0.630. The molecular weight excluding hydrogens is 332 g/mol. The molecule has 1 aromatic carbocycles. The number of nitrogens with one attached hydrogen (secondary N) is 1. The van der Waals surface area contributed by atoms with Gasteiger partial charge in [-0.25, -0.2) is 13.1 Å². The van der Waals surface area contributed by atoms with Crippen LogP contribution in [0.1, 0.15) is 13.8 Å². The smallest absolute Gasteiger partial charge is 0.241 e. The van der Waals surface area contributed by atoms with Crippen LogP contribution in [0.4, 0.5) is 5.69 Å². The molecule has 108 valence electrons. The average Bonchev–Trinajstić information content (AvgIpc) is 2.27. The molecule has 0 radical (unpaired) electrons. The molecule has 0 heterocycles. The van der Waals surface area contributed by atoms with Gasteiger partial charge < -0.3 is 10.5 Å². The molecule has 3 N–H and O–H groups in total. The maximum atomic E-state index is 12.0. The van der Waals surface area contributed by atoms with Crippen LogP contribution in [-0.4, -0.2) is 28.2 Å². The van der Waals surface area contributed by atoms with E-state index >= 15 is 0 Å². The van der Waals surface area contributed by atoms with E-state index in [0.717, 1.165) is 0 Å². The van der Waals surface area contributed by atoms with Crippen molar-refractivity contribution in [3.63, 3.8) is 0 Å². The Kier molecular flexibility index (Phi) is 6.25. The Morgan fingerprint density at radius 2 is 2.11 bits per heavy atom. The van der Waals surface area contributed by atoms with Crippen LogP contribution in [0.15, 0.2) is 27.6 Å². The molecule has 0 aromatic heterocycles. The summed E-state index contributed by atoms with van der Waals surface area (Å²) in [7, 11) is -3.54. The van der Waals surface area contributed by atoms with Crippen molar-refractivity contribution in [2.24, 2.45) is 5.92 Å². The minimum absolute atomic E-state index is 0.172. The number of nitrogen functional groups attached to an aromatic ring is 1. The van der Waals surface area contributed by atoms with Crippen LogP contribution >= 0.6 is 15.9 Å². The van der Waals surface area contributed by atoms with Crippen molar-refractivity contribution in [1.82, 2.24) is 4.72 Å². The van der Waals surface area contributed by atoms with Gasteiger partial charge in [0.05, 0.1) is 11.5 Å². The minimum Gasteiger partial charge on any atom is -0.399 e. The van der Waals surface area contributed by atoms with Crippen molar-refractivity contribution in [2.45, 2.75) is 18.7 Å². The second kappa shape index (κ2) is 7.23. The highest BCUT2D eigenvalue weighted by molar-refractivity contribution is 9.10. The van der Waals surface area contributed by atoms with Gasteiger partial charge in [-0.1, -0.05) is 13.8 Å². The van der Waals surface area contributed by atoms with Crippen LogP contribution < -0.4 is 10.5 Å². The molecule has 5 nitrogen and oxygen atoms in total. The Morgan fingerprint density at radius 1 is 1.42 bits per heavy atom. The maximum Gasteiger partial charge on any atom is 0.241 e. The molecule has 7 heteroatoms. The normalized spacial score (nSPS) is 12.0. The van der Waals surface area contributed by atoms with E-state index in [1.807, 2.05) is 13.8 Å². The van der Waals surface area contributed by atoms with Crippen LogP contribution in [-0.2, 0) is 14.8 Å². The lowest BCUT2D eigenvalue weighted by Crippen LogP contribution is -2.28. The van der Waals surface area contributed by atoms with E-state index in [1.165, 1.54) is 6.07 Å². The average molecular weight is 351 g/mol. The van der Waals surface area contributed by atoms with Gasteiger partial charge in [-0.15, -0.1) is 0 Å². The Balaban J connectivity index is 2.56. The zero-order valence-corrected chi connectivity index (χ0v) is 13.4. The third kappa shape index (κ3) is 5.48. The Morgan fingerprint density at radius 3 is 2.68 bits per heavy atom. The summed E-state index contributed by atoms with van der Waals surface area (Å²) in [4.78, 5) is 0.172. The first-order valence-electron chi connectivity index (χ1n) is 5.95. The van der Waals surface area contributed by atoms with Crippen molar-refractivity contribution in [2.75, 3.05) is 25.5 Å². The summed E-state index contributed by atoms with van der Waals surface area (Å²) in [5, 5.41) is 0. The van der Waals surface area contributed by atoms with E-state index in [4.69, 9.17) is 10.5 Å². The summed E-state index contributed by atoms with van der Waals surface area (Å²) < 4.78 is 32.3. The Labute approximate surface area is 122 Å². The van der Waals surface area contributed by atoms with Gasteiger partial charge in [0.15, 0.2) is 0 Å². The molecule has 0 aliphatic rings. The predicted octanol–water partition coefficient (Wildman–Crippen LogP) is 1.98. The van der Waals surface area contributed by atoms with Gasteiger partial charge in [0.2, 0.25) is 10.0 Å². The van der Waals surface area contributed by atoms with E-state index in [0.29, 0.717) is 29.3 Å². The lowest BCUT2D eigenvalue weighted by Gasteiger charge is -2.10. The van der Waals surface area contributed by atoms with Gasteiger partial charge in [-0.05, 0) is 40.0 Å². The molecule has 0 amide bonds. The molecule has 0 atom stereocenters. The second-order valence-corrected chi connectivity index (χ2v) is 7.15. The first-order chi connectivity index (χ1) is 8.83. The number of nitrogens with two attached hydrogens (primary N) is 1. The molecule has 0 saturated carbocycles. The quantitative estimate of drug-likeness (QED) is 0.581. The summed E-state index contributed by atoms with van der Waals surface area (Å²) in [5.74, 6) is 0.433. The lowest BCUT2D eigenvalue weighted by atomic mass is 10.2. The van der Waals surface area contributed by atoms with E-state index in [-0.39, 0.29) is 11.4 Å². The fourth-order valence-corrected chi connectivity index (χ4v) is 3.49. The van der Waals surface area contributed by atoms with Crippen LogP contribution in [0, 0.1) is 5.92 Å². The van der Waals surface area contributed by atoms with Crippen molar-refractivity contribution in [3.8, 4) is 0 Å². The summed E-state index contributed by atoms with van der Waals surface area (Å²) in [6, 6.07) is 4.58. The molecular formula is C12H19BrN2O3S. The number of hydrogen-bond donors (Lipinski definition) is 2. The van der Waals surface area contributed by atoms with E-state index in [9.17, 15) is 8.42 Å². The van der Waals surface area contributed by atoms with Crippen molar-refractivity contribution >= 4 is 31.6 Å². The molecule has 0 aliphatic carbocycles. The summed E-state index contributed by atoms with van der Waals surface area (Å²) in [5.41, 5.74) is 6.08. The van der Waals surface area contributed by atoms with E-state index in [1.54, 1.807) is 12.1 Å². The van der Waals surface area contributed by atoms with E-state index in [2.05, 4.69) is 20.7 Å². The van der Waals surface area contributed by atoms with Gasteiger partial charge in [-0.2, -0.15) is 0 Å². The third-order valence-electron chi connectivity index (χ3n) is 2.24. The molecule has 0 spiro atoms. The molecule has 0 bridgehead atoms. The highest BCUT2D eigenvalue weighted by Crippen LogP contribution is 2.23. The highest BCUT2D eigenvalue weighted by atomic mass is 79.9. The minimum atomic E-state index is -3.54. The SMILES string of the molecule is CC(C)COCCNS(=O)(=O)c1ccc(N)cc1Br. The van der Waals surface area contributed by atoms with Crippen LogP contribution in [0.5, 0.6) is 0 Å².